The highest BCUT2D eigenvalue weighted by atomic mass is 19.1. The summed E-state index contributed by atoms with van der Waals surface area (Å²) >= 11 is 0. The average Bonchev–Trinajstić information content (AvgIpc) is 3.15. The first-order valence-electron chi connectivity index (χ1n) is 8.96. The van der Waals surface area contributed by atoms with Crippen LogP contribution in [0.15, 0.2) is 67.3 Å². The Morgan fingerprint density at radius 1 is 0.964 bits per heavy atom. The summed E-state index contributed by atoms with van der Waals surface area (Å²) in [6.07, 6.45) is 7.68. The fraction of sp³-hybridized carbons (Fsp3) is 0.143. The summed E-state index contributed by atoms with van der Waals surface area (Å²) in [5.41, 5.74) is 2.61. The van der Waals surface area contributed by atoms with Crippen molar-refractivity contribution in [3.8, 4) is 22.6 Å². The van der Waals surface area contributed by atoms with Crippen LogP contribution >= 0.6 is 0 Å². The van der Waals surface area contributed by atoms with Crippen LogP contribution < -0.4 is 5.32 Å². The van der Waals surface area contributed by atoms with Gasteiger partial charge in [-0.1, -0.05) is 24.3 Å². The van der Waals surface area contributed by atoms with Gasteiger partial charge in [0.1, 0.15) is 11.5 Å². The first-order valence-corrected chi connectivity index (χ1v) is 8.96. The largest absolute Gasteiger partial charge is 0.354 e. The van der Waals surface area contributed by atoms with Crippen LogP contribution in [-0.4, -0.2) is 31.0 Å². The zero-order valence-electron chi connectivity index (χ0n) is 15.4. The van der Waals surface area contributed by atoms with Crippen molar-refractivity contribution in [3.05, 3.63) is 78.8 Å². The van der Waals surface area contributed by atoms with E-state index in [2.05, 4.69) is 25.3 Å². The van der Waals surface area contributed by atoms with Crippen molar-refractivity contribution < 1.29 is 4.39 Å². The van der Waals surface area contributed by atoms with E-state index in [1.807, 2.05) is 36.0 Å². The molecule has 0 aliphatic rings. The topological polar surface area (TPSA) is 68.5 Å². The number of hydrogen-bond donors (Lipinski definition) is 1. The second kappa shape index (κ2) is 7.96. The zero-order chi connectivity index (χ0) is 19.3. The molecule has 0 spiro atoms. The molecule has 1 aromatic carbocycles. The van der Waals surface area contributed by atoms with Gasteiger partial charge in [-0.15, -0.1) is 0 Å². The van der Waals surface area contributed by atoms with Crippen molar-refractivity contribution in [2.24, 2.45) is 7.05 Å². The highest BCUT2D eigenvalue weighted by Gasteiger charge is 2.17. The van der Waals surface area contributed by atoms with E-state index in [4.69, 9.17) is 0 Å². The van der Waals surface area contributed by atoms with Crippen LogP contribution in [0, 0.1) is 5.82 Å². The smallest absolute Gasteiger partial charge is 0.223 e. The maximum Gasteiger partial charge on any atom is 0.223 e. The van der Waals surface area contributed by atoms with Crippen LogP contribution in [0.1, 0.15) is 5.69 Å². The van der Waals surface area contributed by atoms with E-state index in [0.717, 1.165) is 12.1 Å². The summed E-state index contributed by atoms with van der Waals surface area (Å²) in [6, 6.07) is 12.4. The number of halogens is 1. The van der Waals surface area contributed by atoms with Gasteiger partial charge in [0, 0.05) is 61.6 Å². The predicted molar refractivity (Wildman–Crippen MR) is 106 cm³/mol. The lowest BCUT2D eigenvalue weighted by molar-refractivity contribution is 0.631. The molecule has 1 N–H and O–H groups in total. The molecule has 3 aromatic heterocycles. The van der Waals surface area contributed by atoms with Crippen LogP contribution in [0.25, 0.3) is 22.6 Å². The number of nitrogens with one attached hydrogen (secondary N) is 1. The molecule has 0 saturated carbocycles. The van der Waals surface area contributed by atoms with Gasteiger partial charge in [0.2, 0.25) is 5.95 Å². The van der Waals surface area contributed by atoms with Crippen LogP contribution in [-0.2, 0) is 13.5 Å². The first-order chi connectivity index (χ1) is 13.7. The molecule has 0 saturated heterocycles. The number of imidazole rings is 1. The molecule has 0 fully saturated rings. The molecule has 0 bridgehead atoms. The normalized spacial score (nSPS) is 10.8. The third kappa shape index (κ3) is 3.73. The summed E-state index contributed by atoms with van der Waals surface area (Å²) in [5, 5.41) is 3.22. The SMILES string of the molecule is Cn1ccnc1-c1nc(NCCc2ccccn2)ncc1-c1ccccc1F. The standard InChI is InChI=1S/C21H19FN6/c1-28-13-12-24-20(28)19-17(16-7-2-3-8-18(16)22)14-26-21(27-19)25-11-9-15-6-4-5-10-23-15/h2-8,10,12-14H,9,11H2,1H3,(H,25,26,27). The number of aryl methyl sites for hydroxylation is 1. The average molecular weight is 374 g/mol. The van der Waals surface area contributed by atoms with Crippen molar-refractivity contribution in [1.29, 1.82) is 0 Å². The summed E-state index contributed by atoms with van der Waals surface area (Å²) in [7, 11) is 1.88. The van der Waals surface area contributed by atoms with Gasteiger partial charge in [0.25, 0.3) is 0 Å². The number of pyridine rings is 1. The Bertz CT molecular complexity index is 1080. The molecule has 28 heavy (non-hydrogen) atoms. The van der Waals surface area contributed by atoms with Crippen molar-refractivity contribution in [3.63, 3.8) is 0 Å². The number of hydrogen-bond acceptors (Lipinski definition) is 5. The molecule has 0 aliphatic heterocycles. The Hall–Kier alpha value is -3.61. The van der Waals surface area contributed by atoms with E-state index in [-0.39, 0.29) is 5.82 Å². The fourth-order valence-electron chi connectivity index (χ4n) is 2.96. The Labute approximate surface area is 162 Å². The summed E-state index contributed by atoms with van der Waals surface area (Å²) in [4.78, 5) is 17.7. The Balaban J connectivity index is 1.65. The van der Waals surface area contributed by atoms with Gasteiger partial charge in [-0.3, -0.25) is 4.98 Å². The third-order valence-electron chi connectivity index (χ3n) is 4.38. The number of rotatable bonds is 6. The molecular weight excluding hydrogens is 355 g/mol. The lowest BCUT2D eigenvalue weighted by Crippen LogP contribution is -2.10. The number of aromatic nitrogens is 5. The predicted octanol–water partition coefficient (Wildman–Crippen LogP) is 3.73. The number of anilines is 1. The molecule has 0 unspecified atom stereocenters. The number of benzene rings is 1. The molecular formula is C21H19FN6. The van der Waals surface area contributed by atoms with Gasteiger partial charge in [-0.25, -0.2) is 19.3 Å². The van der Waals surface area contributed by atoms with E-state index in [0.29, 0.717) is 35.1 Å². The minimum Gasteiger partial charge on any atom is -0.354 e. The second-order valence-electron chi connectivity index (χ2n) is 6.30. The molecule has 3 heterocycles. The third-order valence-corrected chi connectivity index (χ3v) is 4.38. The Morgan fingerprint density at radius 3 is 2.57 bits per heavy atom. The second-order valence-corrected chi connectivity index (χ2v) is 6.30. The van der Waals surface area contributed by atoms with Gasteiger partial charge in [-0.05, 0) is 18.2 Å². The molecule has 0 atom stereocenters. The molecule has 6 nitrogen and oxygen atoms in total. The lowest BCUT2D eigenvalue weighted by Gasteiger charge is -2.12. The fourth-order valence-corrected chi connectivity index (χ4v) is 2.96. The van der Waals surface area contributed by atoms with E-state index < -0.39 is 0 Å². The zero-order valence-corrected chi connectivity index (χ0v) is 15.4. The highest BCUT2D eigenvalue weighted by molar-refractivity contribution is 5.78. The Kier molecular flexibility index (Phi) is 5.05. The first kappa shape index (κ1) is 17.8. The molecule has 4 aromatic rings. The maximum absolute atomic E-state index is 14.4. The summed E-state index contributed by atoms with van der Waals surface area (Å²) < 4.78 is 16.2. The molecule has 7 heteroatoms. The quantitative estimate of drug-likeness (QED) is 0.557. The van der Waals surface area contributed by atoms with Crippen molar-refractivity contribution in [2.75, 3.05) is 11.9 Å². The molecule has 0 radical (unpaired) electrons. The molecule has 4 rings (SSSR count). The minimum atomic E-state index is -0.322. The summed E-state index contributed by atoms with van der Waals surface area (Å²) in [6.45, 7) is 0.635. The monoisotopic (exact) mass is 374 g/mol. The Morgan fingerprint density at radius 2 is 1.82 bits per heavy atom. The van der Waals surface area contributed by atoms with Crippen molar-refractivity contribution in [2.45, 2.75) is 6.42 Å². The van der Waals surface area contributed by atoms with Crippen LogP contribution in [0.5, 0.6) is 0 Å². The van der Waals surface area contributed by atoms with E-state index in [1.165, 1.54) is 6.07 Å². The molecule has 0 aliphatic carbocycles. The summed E-state index contributed by atoms with van der Waals surface area (Å²) in [5.74, 6) is 0.792. The number of nitrogens with zero attached hydrogens (tertiary/aromatic N) is 5. The lowest BCUT2D eigenvalue weighted by atomic mass is 10.0. The van der Waals surface area contributed by atoms with Crippen LogP contribution in [0.4, 0.5) is 10.3 Å². The van der Waals surface area contributed by atoms with E-state index in [9.17, 15) is 4.39 Å². The highest BCUT2D eigenvalue weighted by Crippen LogP contribution is 2.31. The van der Waals surface area contributed by atoms with E-state index in [1.54, 1.807) is 36.8 Å². The van der Waals surface area contributed by atoms with Crippen molar-refractivity contribution in [1.82, 2.24) is 24.5 Å². The van der Waals surface area contributed by atoms with Crippen LogP contribution in [0.3, 0.4) is 0 Å². The van der Waals surface area contributed by atoms with Gasteiger partial charge in [-0.2, -0.15) is 0 Å². The van der Waals surface area contributed by atoms with Gasteiger partial charge < -0.3 is 9.88 Å². The minimum absolute atomic E-state index is 0.322. The van der Waals surface area contributed by atoms with E-state index >= 15 is 0 Å². The van der Waals surface area contributed by atoms with Gasteiger partial charge >= 0.3 is 0 Å². The van der Waals surface area contributed by atoms with Gasteiger partial charge in [0.15, 0.2) is 5.82 Å². The van der Waals surface area contributed by atoms with Crippen molar-refractivity contribution >= 4 is 5.95 Å². The maximum atomic E-state index is 14.4. The molecule has 140 valence electrons. The molecule has 0 amide bonds. The van der Waals surface area contributed by atoms with Crippen LogP contribution in [0.2, 0.25) is 0 Å². The van der Waals surface area contributed by atoms with Gasteiger partial charge in [0.05, 0.1) is 0 Å².